The molecule has 1 unspecified atom stereocenters. The van der Waals surface area contributed by atoms with Gasteiger partial charge in [-0.15, -0.1) is 0 Å². The second-order valence-electron chi connectivity index (χ2n) is 5.60. The van der Waals surface area contributed by atoms with Gasteiger partial charge in [0.25, 0.3) is 0 Å². The molecule has 0 amide bonds. The number of rotatable bonds is 5. The number of aromatic nitrogens is 3. The van der Waals surface area contributed by atoms with E-state index in [0.717, 1.165) is 24.2 Å². The normalized spacial score (nSPS) is 17.1. The zero-order valence-electron chi connectivity index (χ0n) is 11.3. The lowest BCUT2D eigenvalue weighted by molar-refractivity contribution is 0.154. The lowest BCUT2D eigenvalue weighted by Gasteiger charge is -2.05. The van der Waals surface area contributed by atoms with Gasteiger partial charge in [-0.2, -0.15) is 4.98 Å². The Morgan fingerprint density at radius 2 is 2.26 bits per heavy atom. The van der Waals surface area contributed by atoms with E-state index in [-0.39, 0.29) is 12.0 Å². The lowest BCUT2D eigenvalue weighted by Crippen LogP contribution is -2.00. The fourth-order valence-corrected chi connectivity index (χ4v) is 2.14. The molecule has 1 atom stereocenters. The Bertz CT molecular complexity index is 555. The summed E-state index contributed by atoms with van der Waals surface area (Å²) in [6.07, 6.45) is 5.85. The molecule has 2 aromatic rings. The topological polar surface area (TPSA) is 64.1 Å². The van der Waals surface area contributed by atoms with Crippen LogP contribution in [0.1, 0.15) is 56.0 Å². The molecule has 0 saturated heterocycles. The summed E-state index contributed by atoms with van der Waals surface area (Å²) >= 11 is 0. The Kier molecular flexibility index (Phi) is 3.14. The molecule has 1 N–H and O–H groups in total. The van der Waals surface area contributed by atoms with Crippen LogP contribution in [0.25, 0.3) is 0 Å². The molecule has 3 rings (SSSR count). The molecular formula is C14H19N3O2. The van der Waals surface area contributed by atoms with Gasteiger partial charge in [-0.25, -0.2) is 0 Å². The van der Waals surface area contributed by atoms with Gasteiger partial charge in [-0.05, 0) is 30.4 Å². The van der Waals surface area contributed by atoms with Crippen molar-refractivity contribution in [2.45, 2.75) is 45.3 Å². The molecule has 1 fully saturated rings. The Hall–Kier alpha value is -1.62. The minimum atomic E-state index is -0.324. The first kappa shape index (κ1) is 12.4. The van der Waals surface area contributed by atoms with E-state index in [4.69, 9.17) is 4.52 Å². The first-order valence-electron chi connectivity index (χ1n) is 6.79. The molecule has 19 heavy (non-hydrogen) atoms. The zero-order valence-corrected chi connectivity index (χ0v) is 11.3. The van der Waals surface area contributed by atoms with Gasteiger partial charge in [0, 0.05) is 18.3 Å². The van der Waals surface area contributed by atoms with Gasteiger partial charge in [-0.1, -0.05) is 19.0 Å². The van der Waals surface area contributed by atoms with Gasteiger partial charge in [0.05, 0.1) is 6.10 Å². The molecular weight excluding hydrogens is 242 g/mol. The van der Waals surface area contributed by atoms with Crippen LogP contribution in [0.5, 0.6) is 0 Å². The highest BCUT2D eigenvalue weighted by Crippen LogP contribution is 2.40. The maximum Gasteiger partial charge on any atom is 0.246 e. The molecule has 0 aromatic carbocycles. The van der Waals surface area contributed by atoms with Crippen LogP contribution in [0.3, 0.4) is 0 Å². The highest BCUT2D eigenvalue weighted by Gasteiger charge is 2.31. The molecule has 5 heteroatoms. The van der Waals surface area contributed by atoms with Gasteiger partial charge in [-0.3, -0.25) is 0 Å². The van der Waals surface area contributed by atoms with Crippen molar-refractivity contribution in [1.82, 2.24) is 14.7 Å². The van der Waals surface area contributed by atoms with Crippen LogP contribution in [0.15, 0.2) is 23.0 Å². The van der Waals surface area contributed by atoms with Gasteiger partial charge in [0.15, 0.2) is 5.82 Å². The lowest BCUT2D eigenvalue weighted by atomic mass is 10.1. The summed E-state index contributed by atoms with van der Waals surface area (Å²) < 4.78 is 7.19. The predicted octanol–water partition coefficient (Wildman–Crippen LogP) is 2.49. The van der Waals surface area contributed by atoms with E-state index >= 15 is 0 Å². The van der Waals surface area contributed by atoms with Crippen LogP contribution in [0.2, 0.25) is 0 Å². The van der Waals surface area contributed by atoms with E-state index in [0.29, 0.717) is 18.4 Å². The molecule has 5 nitrogen and oxygen atoms in total. The van der Waals surface area contributed by atoms with Crippen LogP contribution in [-0.4, -0.2) is 19.8 Å². The fourth-order valence-electron chi connectivity index (χ4n) is 2.14. The quantitative estimate of drug-likeness (QED) is 0.898. The van der Waals surface area contributed by atoms with Crippen molar-refractivity contribution in [3.05, 3.63) is 35.7 Å². The number of hydrogen-bond donors (Lipinski definition) is 1. The first-order valence-corrected chi connectivity index (χ1v) is 6.79. The molecule has 2 heterocycles. The molecule has 1 saturated carbocycles. The SMILES string of the molecule is CC(C)c1noc(Cn2ccc(C(O)C3CC3)c2)n1. The zero-order chi connectivity index (χ0) is 13.4. The Morgan fingerprint density at radius 3 is 2.89 bits per heavy atom. The molecule has 0 spiro atoms. The van der Waals surface area contributed by atoms with E-state index in [1.165, 1.54) is 0 Å². The van der Waals surface area contributed by atoms with E-state index in [1.807, 2.05) is 36.9 Å². The minimum absolute atomic E-state index is 0.273. The number of hydrogen-bond acceptors (Lipinski definition) is 4. The third kappa shape index (κ3) is 2.71. The van der Waals surface area contributed by atoms with Crippen molar-refractivity contribution < 1.29 is 9.63 Å². The van der Waals surface area contributed by atoms with Gasteiger partial charge < -0.3 is 14.2 Å². The molecule has 0 radical (unpaired) electrons. The third-order valence-electron chi connectivity index (χ3n) is 3.50. The van der Waals surface area contributed by atoms with E-state index < -0.39 is 0 Å². The summed E-state index contributed by atoms with van der Waals surface area (Å²) in [5, 5.41) is 14.0. The van der Waals surface area contributed by atoms with Crippen molar-refractivity contribution in [1.29, 1.82) is 0 Å². The second kappa shape index (κ2) is 4.81. The summed E-state index contributed by atoms with van der Waals surface area (Å²) in [4.78, 5) is 4.35. The second-order valence-corrected chi connectivity index (χ2v) is 5.60. The smallest absolute Gasteiger partial charge is 0.246 e. The van der Waals surface area contributed by atoms with Crippen molar-refractivity contribution >= 4 is 0 Å². The minimum Gasteiger partial charge on any atom is -0.388 e. The molecule has 1 aliphatic carbocycles. The summed E-state index contributed by atoms with van der Waals surface area (Å²) in [5.41, 5.74) is 0.978. The maximum absolute atomic E-state index is 10.1. The molecule has 0 bridgehead atoms. The van der Waals surface area contributed by atoms with Crippen molar-refractivity contribution in [2.75, 3.05) is 0 Å². The van der Waals surface area contributed by atoms with Crippen LogP contribution >= 0.6 is 0 Å². The standard InChI is InChI=1S/C14H19N3O2/c1-9(2)14-15-12(19-16-14)8-17-6-5-11(7-17)13(18)10-3-4-10/h5-7,9-10,13,18H,3-4,8H2,1-2H3. The summed E-state index contributed by atoms with van der Waals surface area (Å²) in [7, 11) is 0. The summed E-state index contributed by atoms with van der Waals surface area (Å²) in [5.74, 6) is 2.06. The van der Waals surface area contributed by atoms with Gasteiger partial charge in [0.2, 0.25) is 5.89 Å². The van der Waals surface area contributed by atoms with Crippen LogP contribution in [0.4, 0.5) is 0 Å². The first-order chi connectivity index (χ1) is 9.13. The largest absolute Gasteiger partial charge is 0.388 e. The highest BCUT2D eigenvalue weighted by atomic mass is 16.5. The number of nitrogens with zero attached hydrogens (tertiary/aromatic N) is 3. The average Bonchev–Trinajstić information content (AvgIpc) is 2.94. The van der Waals surface area contributed by atoms with Crippen molar-refractivity contribution in [2.24, 2.45) is 5.92 Å². The van der Waals surface area contributed by atoms with Crippen LogP contribution < -0.4 is 0 Å². The van der Waals surface area contributed by atoms with Crippen LogP contribution in [0, 0.1) is 5.92 Å². The third-order valence-corrected chi connectivity index (χ3v) is 3.50. The maximum atomic E-state index is 10.1. The van der Waals surface area contributed by atoms with E-state index in [2.05, 4.69) is 10.1 Å². The average molecular weight is 261 g/mol. The Balaban J connectivity index is 1.68. The highest BCUT2D eigenvalue weighted by molar-refractivity contribution is 5.16. The van der Waals surface area contributed by atoms with Gasteiger partial charge in [0.1, 0.15) is 6.54 Å². The van der Waals surface area contributed by atoms with Gasteiger partial charge >= 0.3 is 0 Å². The Labute approximate surface area is 112 Å². The Morgan fingerprint density at radius 1 is 1.47 bits per heavy atom. The predicted molar refractivity (Wildman–Crippen MR) is 69.6 cm³/mol. The van der Waals surface area contributed by atoms with E-state index in [9.17, 15) is 5.11 Å². The molecule has 0 aliphatic heterocycles. The summed E-state index contributed by atoms with van der Waals surface area (Å²) in [6.45, 7) is 4.62. The number of aliphatic hydroxyl groups excluding tert-OH is 1. The van der Waals surface area contributed by atoms with Crippen molar-refractivity contribution in [3.63, 3.8) is 0 Å². The molecule has 1 aliphatic rings. The number of aliphatic hydroxyl groups is 1. The van der Waals surface area contributed by atoms with Crippen LogP contribution in [-0.2, 0) is 6.54 Å². The molecule has 102 valence electrons. The fraction of sp³-hybridized carbons (Fsp3) is 0.571. The molecule has 2 aromatic heterocycles. The summed E-state index contributed by atoms with van der Waals surface area (Å²) in [6, 6.07) is 1.96. The monoisotopic (exact) mass is 261 g/mol. The van der Waals surface area contributed by atoms with Crippen molar-refractivity contribution in [3.8, 4) is 0 Å². The van der Waals surface area contributed by atoms with E-state index in [1.54, 1.807) is 0 Å².